The summed E-state index contributed by atoms with van der Waals surface area (Å²) in [5.41, 5.74) is 1.98. The lowest BCUT2D eigenvalue weighted by atomic mass is 10.2. The Balaban J connectivity index is 2.42. The highest BCUT2D eigenvalue weighted by Crippen LogP contribution is 2.19. The number of nitrogens with one attached hydrogen (secondary N) is 2. The molecule has 0 aliphatic rings. The molecular weight excluding hydrogens is 248 g/mol. The lowest BCUT2D eigenvalue weighted by Crippen LogP contribution is -2.36. The second-order valence-corrected chi connectivity index (χ2v) is 5.01. The first-order chi connectivity index (χ1) is 8.52. The topological polar surface area (TPSA) is 41.1 Å². The summed E-state index contributed by atoms with van der Waals surface area (Å²) in [6.45, 7) is 6.38. The van der Waals surface area contributed by atoms with Crippen molar-refractivity contribution in [2.75, 3.05) is 11.9 Å². The van der Waals surface area contributed by atoms with Crippen molar-refractivity contribution in [2.45, 2.75) is 39.7 Å². The maximum absolute atomic E-state index is 11.7. The van der Waals surface area contributed by atoms with Gasteiger partial charge in [0.25, 0.3) is 0 Å². The molecule has 1 rings (SSSR count). The predicted octanol–water partition coefficient (Wildman–Crippen LogP) is 3.37. The molecule has 100 valence electrons. The van der Waals surface area contributed by atoms with Crippen molar-refractivity contribution in [3.8, 4) is 0 Å². The van der Waals surface area contributed by atoms with Gasteiger partial charge in [0, 0.05) is 16.8 Å². The second-order valence-electron chi connectivity index (χ2n) is 4.57. The number of rotatable bonds is 6. The first kappa shape index (κ1) is 14.8. The van der Waals surface area contributed by atoms with Crippen LogP contribution < -0.4 is 10.6 Å². The molecule has 0 bridgehead atoms. The molecule has 0 heterocycles. The van der Waals surface area contributed by atoms with Gasteiger partial charge in [-0.3, -0.25) is 4.79 Å². The van der Waals surface area contributed by atoms with Gasteiger partial charge >= 0.3 is 0 Å². The number of carbonyl (C=O) groups excluding carboxylic acids is 1. The second kappa shape index (κ2) is 7.27. The molecule has 0 aliphatic heterocycles. The van der Waals surface area contributed by atoms with Gasteiger partial charge in [-0.2, -0.15) is 0 Å². The van der Waals surface area contributed by atoms with E-state index in [9.17, 15) is 4.79 Å². The Hall–Kier alpha value is -1.22. The van der Waals surface area contributed by atoms with Crippen LogP contribution in [0.2, 0.25) is 5.02 Å². The Morgan fingerprint density at radius 2 is 2.17 bits per heavy atom. The number of anilines is 1. The monoisotopic (exact) mass is 268 g/mol. The molecule has 1 amide bonds. The zero-order valence-electron chi connectivity index (χ0n) is 11.2. The summed E-state index contributed by atoms with van der Waals surface area (Å²) in [4.78, 5) is 11.7. The Bertz CT molecular complexity index is 407. The minimum absolute atomic E-state index is 0.0188. The Morgan fingerprint density at radius 3 is 2.78 bits per heavy atom. The van der Waals surface area contributed by atoms with E-state index in [4.69, 9.17) is 11.6 Å². The average molecular weight is 269 g/mol. The summed E-state index contributed by atoms with van der Waals surface area (Å²) in [5, 5.41) is 6.78. The number of amides is 1. The summed E-state index contributed by atoms with van der Waals surface area (Å²) < 4.78 is 0. The van der Waals surface area contributed by atoms with E-state index in [-0.39, 0.29) is 18.5 Å². The summed E-state index contributed by atoms with van der Waals surface area (Å²) in [5.74, 6) is 0.0188. The third-order valence-corrected chi connectivity index (χ3v) is 2.99. The number of hydrogen-bond donors (Lipinski definition) is 2. The van der Waals surface area contributed by atoms with Crippen LogP contribution in [0.5, 0.6) is 0 Å². The van der Waals surface area contributed by atoms with Crippen molar-refractivity contribution < 1.29 is 4.79 Å². The Labute approximate surface area is 114 Å². The molecular formula is C14H21ClN2O. The summed E-state index contributed by atoms with van der Waals surface area (Å²) >= 11 is 5.88. The van der Waals surface area contributed by atoms with E-state index in [0.29, 0.717) is 5.02 Å². The molecule has 1 unspecified atom stereocenters. The minimum Gasteiger partial charge on any atom is -0.376 e. The predicted molar refractivity (Wildman–Crippen MR) is 77.2 cm³/mol. The van der Waals surface area contributed by atoms with Gasteiger partial charge in [-0.15, -0.1) is 0 Å². The van der Waals surface area contributed by atoms with Crippen LogP contribution in [0.3, 0.4) is 0 Å². The van der Waals surface area contributed by atoms with Crippen molar-refractivity contribution in [3.63, 3.8) is 0 Å². The zero-order valence-corrected chi connectivity index (χ0v) is 12.0. The smallest absolute Gasteiger partial charge is 0.239 e. The van der Waals surface area contributed by atoms with E-state index >= 15 is 0 Å². The largest absolute Gasteiger partial charge is 0.376 e. The number of halogens is 1. The first-order valence-corrected chi connectivity index (χ1v) is 6.70. The van der Waals surface area contributed by atoms with Crippen LogP contribution in [0, 0.1) is 6.92 Å². The lowest BCUT2D eigenvalue weighted by Gasteiger charge is -2.14. The van der Waals surface area contributed by atoms with Gasteiger partial charge in [0.1, 0.15) is 0 Å². The fourth-order valence-electron chi connectivity index (χ4n) is 1.83. The van der Waals surface area contributed by atoms with Crippen LogP contribution >= 0.6 is 11.6 Å². The molecule has 2 N–H and O–H groups in total. The highest BCUT2D eigenvalue weighted by atomic mass is 35.5. The van der Waals surface area contributed by atoms with Crippen LogP contribution in [0.15, 0.2) is 18.2 Å². The van der Waals surface area contributed by atoms with Crippen LogP contribution in [-0.4, -0.2) is 18.5 Å². The minimum atomic E-state index is 0.0188. The van der Waals surface area contributed by atoms with Crippen molar-refractivity contribution in [1.82, 2.24) is 5.32 Å². The van der Waals surface area contributed by atoms with Crippen molar-refractivity contribution in [1.29, 1.82) is 0 Å². The van der Waals surface area contributed by atoms with Crippen molar-refractivity contribution in [3.05, 3.63) is 28.8 Å². The Kier molecular flexibility index (Phi) is 5.99. The zero-order chi connectivity index (χ0) is 13.5. The van der Waals surface area contributed by atoms with Crippen molar-refractivity contribution >= 4 is 23.2 Å². The fraction of sp³-hybridized carbons (Fsp3) is 0.500. The lowest BCUT2D eigenvalue weighted by molar-refractivity contribution is -0.120. The van der Waals surface area contributed by atoms with Crippen molar-refractivity contribution in [2.24, 2.45) is 0 Å². The molecule has 0 aliphatic carbocycles. The number of carbonyl (C=O) groups is 1. The fourth-order valence-corrected chi connectivity index (χ4v) is 2.06. The van der Waals surface area contributed by atoms with Gasteiger partial charge in [-0.05, 0) is 44.0 Å². The standard InChI is InChI=1S/C14H21ClN2O/c1-4-5-11(3)17-14(18)9-16-13-7-6-12(15)8-10(13)2/h6-8,11,16H,4-5,9H2,1-3H3,(H,17,18). The molecule has 3 nitrogen and oxygen atoms in total. The molecule has 1 aromatic rings. The van der Waals surface area contributed by atoms with Crippen LogP contribution in [0.4, 0.5) is 5.69 Å². The third kappa shape index (κ3) is 4.96. The molecule has 0 spiro atoms. The summed E-state index contributed by atoms with van der Waals surface area (Å²) in [7, 11) is 0. The van der Waals surface area contributed by atoms with Crippen LogP contribution in [-0.2, 0) is 4.79 Å². The van der Waals surface area contributed by atoms with E-state index < -0.39 is 0 Å². The van der Waals surface area contributed by atoms with E-state index in [0.717, 1.165) is 24.1 Å². The summed E-state index contributed by atoms with van der Waals surface area (Å²) in [6, 6.07) is 5.81. The first-order valence-electron chi connectivity index (χ1n) is 6.32. The number of aryl methyl sites for hydroxylation is 1. The molecule has 0 radical (unpaired) electrons. The SMILES string of the molecule is CCCC(C)NC(=O)CNc1ccc(Cl)cc1C. The van der Waals surface area contributed by atoms with Crippen LogP contribution in [0.1, 0.15) is 32.3 Å². The maximum atomic E-state index is 11.7. The Morgan fingerprint density at radius 1 is 1.44 bits per heavy atom. The van der Waals surface area contributed by atoms with E-state index in [1.165, 1.54) is 0 Å². The van der Waals surface area contributed by atoms with Gasteiger partial charge in [0.05, 0.1) is 6.54 Å². The van der Waals surface area contributed by atoms with Gasteiger partial charge in [0.15, 0.2) is 0 Å². The van der Waals surface area contributed by atoms with E-state index in [1.54, 1.807) is 0 Å². The molecule has 1 aromatic carbocycles. The normalized spacial score (nSPS) is 12.0. The maximum Gasteiger partial charge on any atom is 0.239 e. The number of hydrogen-bond acceptors (Lipinski definition) is 2. The quantitative estimate of drug-likeness (QED) is 0.831. The van der Waals surface area contributed by atoms with E-state index in [2.05, 4.69) is 17.6 Å². The molecule has 18 heavy (non-hydrogen) atoms. The van der Waals surface area contributed by atoms with Gasteiger partial charge in [0.2, 0.25) is 5.91 Å². The van der Waals surface area contributed by atoms with E-state index in [1.807, 2.05) is 32.0 Å². The van der Waals surface area contributed by atoms with Gasteiger partial charge < -0.3 is 10.6 Å². The molecule has 0 saturated heterocycles. The number of benzene rings is 1. The summed E-state index contributed by atoms with van der Waals surface area (Å²) in [6.07, 6.45) is 2.08. The van der Waals surface area contributed by atoms with Crippen LogP contribution in [0.25, 0.3) is 0 Å². The molecule has 0 saturated carbocycles. The third-order valence-electron chi connectivity index (χ3n) is 2.76. The molecule has 0 aromatic heterocycles. The molecule has 0 fully saturated rings. The molecule has 4 heteroatoms. The molecule has 1 atom stereocenters. The highest BCUT2D eigenvalue weighted by molar-refractivity contribution is 6.30. The van der Waals surface area contributed by atoms with Gasteiger partial charge in [-0.25, -0.2) is 0 Å². The van der Waals surface area contributed by atoms with Gasteiger partial charge in [-0.1, -0.05) is 24.9 Å². The average Bonchev–Trinajstić information content (AvgIpc) is 2.28. The highest BCUT2D eigenvalue weighted by Gasteiger charge is 2.06.